The molecule has 1 aromatic heterocycles. The number of hydrogen-bond donors (Lipinski definition) is 2. The van der Waals surface area contributed by atoms with Gasteiger partial charge in [-0.15, -0.1) is 0 Å². The van der Waals surface area contributed by atoms with E-state index in [0.29, 0.717) is 12.5 Å². The van der Waals surface area contributed by atoms with E-state index in [0.717, 1.165) is 35.2 Å². The van der Waals surface area contributed by atoms with E-state index in [1.54, 1.807) is 0 Å². The molecule has 122 valence electrons. The number of aromatic amines is 1. The lowest BCUT2D eigenvalue weighted by molar-refractivity contribution is -0.123. The maximum absolute atomic E-state index is 12.7. The summed E-state index contributed by atoms with van der Waals surface area (Å²) in [5.74, 6) is 0.640. The molecule has 0 aliphatic heterocycles. The van der Waals surface area contributed by atoms with Gasteiger partial charge in [-0.3, -0.25) is 4.79 Å². The summed E-state index contributed by atoms with van der Waals surface area (Å²) in [5.41, 5.74) is 4.57. The van der Waals surface area contributed by atoms with Crippen molar-refractivity contribution in [2.45, 2.75) is 32.2 Å². The maximum Gasteiger partial charge on any atom is 0.228 e. The third-order valence-corrected chi connectivity index (χ3v) is 4.82. The van der Waals surface area contributed by atoms with Gasteiger partial charge in [-0.1, -0.05) is 36.4 Å². The number of aryl methyl sites for hydroxylation is 1. The van der Waals surface area contributed by atoms with Crippen molar-refractivity contribution in [2.75, 3.05) is 0 Å². The fourth-order valence-corrected chi connectivity index (χ4v) is 3.46. The largest absolute Gasteiger partial charge is 0.359 e. The molecule has 0 spiro atoms. The number of aromatic nitrogens is 1. The first kappa shape index (κ1) is 15.0. The molecule has 4 rings (SSSR count). The van der Waals surface area contributed by atoms with Gasteiger partial charge in [-0.25, -0.2) is 0 Å². The first-order valence-corrected chi connectivity index (χ1v) is 8.61. The van der Waals surface area contributed by atoms with Crippen LogP contribution in [0.25, 0.3) is 10.9 Å². The van der Waals surface area contributed by atoms with Gasteiger partial charge >= 0.3 is 0 Å². The van der Waals surface area contributed by atoms with E-state index in [1.165, 1.54) is 5.39 Å². The Balaban J connectivity index is 1.48. The highest BCUT2D eigenvalue weighted by molar-refractivity contribution is 5.85. The fourth-order valence-electron chi connectivity index (χ4n) is 3.46. The quantitative estimate of drug-likeness (QED) is 0.724. The van der Waals surface area contributed by atoms with Gasteiger partial charge in [0.2, 0.25) is 5.91 Å². The normalized spacial score (nSPS) is 15.4. The second-order valence-electron chi connectivity index (χ2n) is 6.82. The van der Waals surface area contributed by atoms with Gasteiger partial charge in [-0.2, -0.15) is 0 Å². The zero-order chi connectivity index (χ0) is 16.5. The van der Waals surface area contributed by atoms with Crippen molar-refractivity contribution < 1.29 is 4.79 Å². The average molecular weight is 318 g/mol. The van der Waals surface area contributed by atoms with Crippen LogP contribution in [0.4, 0.5) is 0 Å². The summed E-state index contributed by atoms with van der Waals surface area (Å²) in [7, 11) is 0. The molecule has 1 saturated carbocycles. The fraction of sp³-hybridized carbons (Fsp3) is 0.286. The molecule has 1 heterocycles. The Morgan fingerprint density at radius 2 is 1.96 bits per heavy atom. The van der Waals surface area contributed by atoms with Crippen LogP contribution in [0.1, 0.15) is 35.6 Å². The molecule has 1 amide bonds. The van der Waals surface area contributed by atoms with Crippen LogP contribution in [-0.2, 0) is 11.3 Å². The number of carbonyl (C=O) groups excluding carboxylic acids is 1. The predicted molar refractivity (Wildman–Crippen MR) is 96.8 cm³/mol. The van der Waals surface area contributed by atoms with Gasteiger partial charge in [0.25, 0.3) is 0 Å². The van der Waals surface area contributed by atoms with Crippen molar-refractivity contribution in [3.05, 3.63) is 71.4 Å². The zero-order valence-corrected chi connectivity index (χ0v) is 13.9. The van der Waals surface area contributed by atoms with Gasteiger partial charge in [0.05, 0.1) is 5.92 Å². The standard InChI is InChI=1S/C21H22N2O/c1-14-11-18-12-15(7-10-19(18)23-14)13-22-21(24)20(17-8-9-17)16-5-3-2-4-6-16/h2-7,10-12,17,20,23H,8-9,13H2,1H3,(H,22,24). The molecule has 0 saturated heterocycles. The minimum Gasteiger partial charge on any atom is -0.359 e. The van der Waals surface area contributed by atoms with Crippen molar-refractivity contribution in [3.8, 4) is 0 Å². The number of fused-ring (bicyclic) bond motifs is 1. The molecule has 24 heavy (non-hydrogen) atoms. The van der Waals surface area contributed by atoms with Crippen LogP contribution >= 0.6 is 0 Å². The van der Waals surface area contributed by atoms with Gasteiger partial charge in [-0.05, 0) is 60.4 Å². The lowest BCUT2D eigenvalue weighted by Gasteiger charge is -2.16. The van der Waals surface area contributed by atoms with Crippen LogP contribution < -0.4 is 5.32 Å². The smallest absolute Gasteiger partial charge is 0.228 e. The Morgan fingerprint density at radius 1 is 1.17 bits per heavy atom. The van der Waals surface area contributed by atoms with E-state index in [9.17, 15) is 4.79 Å². The summed E-state index contributed by atoms with van der Waals surface area (Å²) in [6.07, 6.45) is 2.31. The van der Waals surface area contributed by atoms with E-state index >= 15 is 0 Å². The second-order valence-corrected chi connectivity index (χ2v) is 6.82. The number of carbonyl (C=O) groups is 1. The lowest BCUT2D eigenvalue weighted by atomic mass is 9.93. The van der Waals surface area contributed by atoms with E-state index in [-0.39, 0.29) is 11.8 Å². The number of H-pyrrole nitrogens is 1. The Morgan fingerprint density at radius 3 is 2.71 bits per heavy atom. The lowest BCUT2D eigenvalue weighted by Crippen LogP contribution is -2.30. The van der Waals surface area contributed by atoms with Crippen LogP contribution in [0.15, 0.2) is 54.6 Å². The highest BCUT2D eigenvalue weighted by Crippen LogP contribution is 2.42. The second kappa shape index (κ2) is 6.16. The Bertz CT molecular complexity index is 862. The summed E-state index contributed by atoms with van der Waals surface area (Å²) >= 11 is 0. The van der Waals surface area contributed by atoms with Crippen LogP contribution in [0.2, 0.25) is 0 Å². The molecule has 2 aromatic carbocycles. The highest BCUT2D eigenvalue weighted by atomic mass is 16.1. The number of benzene rings is 2. The van der Waals surface area contributed by atoms with Crippen molar-refractivity contribution in [2.24, 2.45) is 5.92 Å². The van der Waals surface area contributed by atoms with Crippen molar-refractivity contribution >= 4 is 16.8 Å². The topological polar surface area (TPSA) is 44.9 Å². The number of rotatable bonds is 5. The zero-order valence-electron chi connectivity index (χ0n) is 13.9. The molecule has 3 heteroatoms. The highest BCUT2D eigenvalue weighted by Gasteiger charge is 2.36. The summed E-state index contributed by atoms with van der Waals surface area (Å²) in [6, 6.07) is 18.6. The minimum atomic E-state index is -0.00978. The maximum atomic E-state index is 12.7. The number of hydrogen-bond acceptors (Lipinski definition) is 1. The monoisotopic (exact) mass is 318 g/mol. The Hall–Kier alpha value is -2.55. The third kappa shape index (κ3) is 3.07. The average Bonchev–Trinajstić information content (AvgIpc) is 3.34. The SMILES string of the molecule is Cc1cc2cc(CNC(=O)C(c3ccccc3)C3CC3)ccc2[nH]1. The third-order valence-electron chi connectivity index (χ3n) is 4.82. The Kier molecular flexibility index (Phi) is 3.85. The van der Waals surface area contributed by atoms with Gasteiger partial charge in [0.15, 0.2) is 0 Å². The van der Waals surface area contributed by atoms with Gasteiger partial charge in [0, 0.05) is 17.8 Å². The molecule has 1 atom stereocenters. The summed E-state index contributed by atoms with van der Waals surface area (Å²) in [4.78, 5) is 16.1. The molecule has 1 aliphatic carbocycles. The molecular weight excluding hydrogens is 296 g/mol. The summed E-state index contributed by atoms with van der Waals surface area (Å²) < 4.78 is 0. The molecule has 3 aromatic rings. The van der Waals surface area contributed by atoms with Gasteiger partial charge in [0.1, 0.15) is 0 Å². The minimum absolute atomic E-state index is 0.00978. The van der Waals surface area contributed by atoms with Crippen molar-refractivity contribution in [1.29, 1.82) is 0 Å². The van der Waals surface area contributed by atoms with E-state index in [1.807, 2.05) is 18.2 Å². The summed E-state index contributed by atoms with van der Waals surface area (Å²) in [6.45, 7) is 2.64. The first-order chi connectivity index (χ1) is 11.7. The van der Waals surface area contributed by atoms with Crippen LogP contribution in [0, 0.1) is 12.8 Å². The van der Waals surface area contributed by atoms with E-state index in [4.69, 9.17) is 0 Å². The van der Waals surface area contributed by atoms with Crippen LogP contribution in [0.3, 0.4) is 0 Å². The van der Waals surface area contributed by atoms with Crippen LogP contribution in [0.5, 0.6) is 0 Å². The molecule has 2 N–H and O–H groups in total. The molecule has 0 radical (unpaired) electrons. The van der Waals surface area contributed by atoms with E-state index < -0.39 is 0 Å². The van der Waals surface area contributed by atoms with Gasteiger partial charge < -0.3 is 10.3 Å². The van der Waals surface area contributed by atoms with Crippen molar-refractivity contribution in [1.82, 2.24) is 10.3 Å². The predicted octanol–water partition coefficient (Wildman–Crippen LogP) is 4.29. The first-order valence-electron chi connectivity index (χ1n) is 8.61. The molecular formula is C21H22N2O. The molecule has 0 bridgehead atoms. The van der Waals surface area contributed by atoms with Crippen molar-refractivity contribution in [3.63, 3.8) is 0 Å². The Labute approximate surface area is 142 Å². The van der Waals surface area contributed by atoms with E-state index in [2.05, 4.69) is 53.6 Å². The number of amides is 1. The molecule has 1 aliphatic rings. The summed E-state index contributed by atoms with van der Waals surface area (Å²) in [5, 5.41) is 4.34. The molecule has 1 fully saturated rings. The van der Waals surface area contributed by atoms with Crippen LogP contribution in [-0.4, -0.2) is 10.9 Å². The molecule has 1 unspecified atom stereocenters. The molecule has 3 nitrogen and oxygen atoms in total. The number of nitrogens with one attached hydrogen (secondary N) is 2.